The van der Waals surface area contributed by atoms with Gasteiger partial charge < -0.3 is 4.74 Å². The molecule has 0 saturated carbocycles. The maximum Gasteiger partial charge on any atom is 0.214 e. The molecular weight excluding hydrogens is 302 g/mol. The summed E-state index contributed by atoms with van der Waals surface area (Å²) in [4.78, 5) is 0. The zero-order valence-corrected chi connectivity index (χ0v) is 12.5. The summed E-state index contributed by atoms with van der Waals surface area (Å²) in [6.07, 6.45) is 0.295. The minimum Gasteiger partial charge on any atom is -0.383 e. The van der Waals surface area contributed by atoms with Crippen molar-refractivity contribution in [3.8, 4) is 0 Å². The van der Waals surface area contributed by atoms with E-state index in [0.717, 1.165) is 0 Å². The van der Waals surface area contributed by atoms with Crippen LogP contribution in [0.25, 0.3) is 0 Å². The highest BCUT2D eigenvalue weighted by atomic mass is 35.5. The Hall–Kier alpha value is 0.110. The molecule has 0 aromatic heterocycles. The summed E-state index contributed by atoms with van der Waals surface area (Å²) < 4.78 is 53.4. The molecule has 0 bridgehead atoms. The quantitative estimate of drug-likeness (QED) is 0.681. The van der Waals surface area contributed by atoms with Gasteiger partial charge in [-0.2, -0.15) is 0 Å². The molecule has 1 aliphatic heterocycles. The Morgan fingerprint density at radius 3 is 2.44 bits per heavy atom. The Balaban J connectivity index is 2.50. The van der Waals surface area contributed by atoms with Gasteiger partial charge in [0, 0.05) is 13.7 Å². The molecule has 9 heteroatoms. The van der Waals surface area contributed by atoms with E-state index in [0.29, 0.717) is 0 Å². The van der Waals surface area contributed by atoms with Crippen LogP contribution in [0.5, 0.6) is 0 Å². The van der Waals surface area contributed by atoms with Gasteiger partial charge in [-0.1, -0.05) is 0 Å². The monoisotopic (exact) mass is 319 g/mol. The lowest BCUT2D eigenvalue weighted by atomic mass is 10.2. The van der Waals surface area contributed by atoms with Crippen molar-refractivity contribution in [1.82, 2.24) is 4.72 Å². The van der Waals surface area contributed by atoms with Crippen LogP contribution in [0.15, 0.2) is 0 Å². The fourth-order valence-corrected chi connectivity index (χ4v) is 5.35. The van der Waals surface area contributed by atoms with Gasteiger partial charge in [0.2, 0.25) is 10.0 Å². The molecule has 1 saturated heterocycles. The van der Waals surface area contributed by atoms with Gasteiger partial charge >= 0.3 is 0 Å². The maximum absolute atomic E-state index is 11.9. The Bertz CT molecular complexity index is 447. The van der Waals surface area contributed by atoms with Gasteiger partial charge in [-0.25, -0.2) is 21.6 Å². The molecular formula is C9H18ClNO5S2. The molecule has 0 aromatic carbocycles. The fraction of sp³-hybridized carbons (Fsp3) is 1.00. The molecule has 18 heavy (non-hydrogen) atoms. The molecule has 1 rings (SSSR count). The molecule has 0 radical (unpaired) electrons. The number of rotatable bonds is 6. The van der Waals surface area contributed by atoms with E-state index in [-0.39, 0.29) is 37.5 Å². The molecule has 108 valence electrons. The topological polar surface area (TPSA) is 89.5 Å². The first kappa shape index (κ1) is 16.2. The van der Waals surface area contributed by atoms with Gasteiger partial charge in [0.1, 0.15) is 9.84 Å². The van der Waals surface area contributed by atoms with Crippen molar-refractivity contribution in [2.75, 3.05) is 31.8 Å². The predicted octanol–water partition coefficient (Wildman–Crippen LogP) is -0.263. The van der Waals surface area contributed by atoms with Gasteiger partial charge in [-0.15, -0.1) is 11.6 Å². The zero-order valence-electron chi connectivity index (χ0n) is 10.1. The molecule has 1 atom stereocenters. The van der Waals surface area contributed by atoms with Gasteiger partial charge in [0.15, 0.2) is 0 Å². The average Bonchev–Trinajstić information content (AvgIpc) is 2.26. The van der Waals surface area contributed by atoms with Gasteiger partial charge in [-0.3, -0.25) is 0 Å². The minimum atomic E-state index is -3.50. The summed E-state index contributed by atoms with van der Waals surface area (Å²) in [6, 6.07) is 0. The molecule has 1 aliphatic rings. The molecule has 1 unspecified atom stereocenters. The summed E-state index contributed by atoms with van der Waals surface area (Å²) in [6.45, 7) is 0.337. The van der Waals surface area contributed by atoms with Crippen LogP contribution in [0.4, 0.5) is 0 Å². The van der Waals surface area contributed by atoms with Crippen molar-refractivity contribution in [3.63, 3.8) is 0 Å². The van der Waals surface area contributed by atoms with Crippen molar-refractivity contribution in [3.05, 3.63) is 0 Å². The van der Waals surface area contributed by atoms with Crippen LogP contribution in [-0.2, 0) is 24.6 Å². The Morgan fingerprint density at radius 1 is 1.39 bits per heavy atom. The second-order valence-corrected chi connectivity index (χ2v) is 9.26. The first-order valence-electron chi connectivity index (χ1n) is 5.59. The van der Waals surface area contributed by atoms with Crippen molar-refractivity contribution in [2.45, 2.75) is 23.5 Å². The van der Waals surface area contributed by atoms with Crippen LogP contribution >= 0.6 is 11.6 Å². The van der Waals surface area contributed by atoms with Crippen LogP contribution in [0, 0.1) is 0 Å². The lowest BCUT2D eigenvalue weighted by Gasteiger charge is -2.22. The lowest BCUT2D eigenvalue weighted by Crippen LogP contribution is -2.42. The van der Waals surface area contributed by atoms with Crippen LogP contribution < -0.4 is 4.72 Å². The fourth-order valence-electron chi connectivity index (χ4n) is 1.74. The highest BCUT2D eigenvalue weighted by Gasteiger charge is 2.32. The number of alkyl halides is 1. The predicted molar refractivity (Wildman–Crippen MR) is 70.1 cm³/mol. The second-order valence-electron chi connectivity index (χ2n) is 4.30. The SMILES string of the molecule is COCC(Cl)CNS(=O)(=O)C1CCS(=O)(=O)CC1. The van der Waals surface area contributed by atoms with Crippen LogP contribution in [0.1, 0.15) is 12.8 Å². The highest BCUT2D eigenvalue weighted by molar-refractivity contribution is 7.92. The number of sulfone groups is 1. The number of ether oxygens (including phenoxy) is 1. The van der Waals surface area contributed by atoms with Crippen molar-refractivity contribution in [1.29, 1.82) is 0 Å². The van der Waals surface area contributed by atoms with E-state index in [9.17, 15) is 16.8 Å². The first-order valence-corrected chi connectivity index (χ1v) is 9.39. The largest absolute Gasteiger partial charge is 0.383 e. The van der Waals surface area contributed by atoms with Gasteiger partial charge in [0.25, 0.3) is 0 Å². The molecule has 0 spiro atoms. The lowest BCUT2D eigenvalue weighted by molar-refractivity contribution is 0.198. The van der Waals surface area contributed by atoms with Gasteiger partial charge in [0.05, 0.1) is 28.7 Å². The van der Waals surface area contributed by atoms with E-state index < -0.39 is 30.5 Å². The summed E-state index contributed by atoms with van der Waals surface area (Å²) in [5.74, 6) is -0.137. The second kappa shape index (κ2) is 6.51. The van der Waals surface area contributed by atoms with E-state index in [4.69, 9.17) is 16.3 Å². The number of nitrogens with one attached hydrogen (secondary N) is 1. The summed E-state index contributed by atoms with van der Waals surface area (Å²) in [7, 11) is -5.07. The van der Waals surface area contributed by atoms with E-state index >= 15 is 0 Å². The van der Waals surface area contributed by atoms with Crippen molar-refractivity contribution in [2.24, 2.45) is 0 Å². The van der Waals surface area contributed by atoms with Crippen LogP contribution in [-0.4, -0.2) is 59.2 Å². The molecule has 1 N–H and O–H groups in total. The number of sulfonamides is 1. The normalized spacial score (nSPS) is 22.8. The molecule has 1 heterocycles. The van der Waals surface area contributed by atoms with Crippen LogP contribution in [0.2, 0.25) is 0 Å². The molecule has 0 amide bonds. The van der Waals surface area contributed by atoms with E-state index in [2.05, 4.69) is 4.72 Å². The molecule has 1 fully saturated rings. The summed E-state index contributed by atoms with van der Waals surface area (Å²) >= 11 is 5.82. The molecule has 6 nitrogen and oxygen atoms in total. The van der Waals surface area contributed by atoms with E-state index in [1.54, 1.807) is 0 Å². The number of halogens is 1. The number of hydrogen-bond donors (Lipinski definition) is 1. The van der Waals surface area contributed by atoms with Crippen molar-refractivity contribution >= 4 is 31.5 Å². The maximum atomic E-state index is 11.9. The Morgan fingerprint density at radius 2 is 1.94 bits per heavy atom. The standard InChI is InChI=1S/C9H18ClNO5S2/c1-16-7-8(10)6-11-18(14,15)9-2-4-17(12,13)5-3-9/h8-9,11H,2-7H2,1H3. The van der Waals surface area contributed by atoms with Crippen LogP contribution in [0.3, 0.4) is 0 Å². The molecule has 0 aromatic rings. The zero-order chi connectivity index (χ0) is 13.8. The van der Waals surface area contributed by atoms with Gasteiger partial charge in [-0.05, 0) is 12.8 Å². The highest BCUT2D eigenvalue weighted by Crippen LogP contribution is 2.18. The molecule has 0 aliphatic carbocycles. The minimum absolute atomic E-state index is 0.0685. The smallest absolute Gasteiger partial charge is 0.214 e. The van der Waals surface area contributed by atoms with Crippen molar-refractivity contribution < 1.29 is 21.6 Å². The van der Waals surface area contributed by atoms with E-state index in [1.807, 2.05) is 0 Å². The van der Waals surface area contributed by atoms with E-state index in [1.165, 1.54) is 7.11 Å². The first-order chi connectivity index (χ1) is 8.27. The third kappa shape index (κ3) is 5.00. The summed E-state index contributed by atoms with van der Waals surface area (Å²) in [5, 5.41) is -1.08. The number of methoxy groups -OCH3 is 1. The number of hydrogen-bond acceptors (Lipinski definition) is 5. The summed E-state index contributed by atoms with van der Waals surface area (Å²) in [5.41, 5.74) is 0. The Labute approximate surface area is 113 Å². The third-order valence-corrected chi connectivity index (χ3v) is 6.71. The third-order valence-electron chi connectivity index (χ3n) is 2.79. The Kier molecular flexibility index (Phi) is 5.85. The average molecular weight is 320 g/mol.